The third-order valence-corrected chi connectivity index (χ3v) is 7.57. The van der Waals surface area contributed by atoms with Crippen LogP contribution in [0.4, 0.5) is 5.69 Å². The number of thiophene rings is 1. The van der Waals surface area contributed by atoms with Gasteiger partial charge in [-0.25, -0.2) is 0 Å². The Bertz CT molecular complexity index is 1530. The van der Waals surface area contributed by atoms with Gasteiger partial charge in [-0.1, -0.05) is 12.1 Å². The Morgan fingerprint density at radius 1 is 1.05 bits per heavy atom. The third-order valence-electron chi connectivity index (χ3n) is 6.38. The van der Waals surface area contributed by atoms with Gasteiger partial charge in [0.2, 0.25) is 0 Å². The van der Waals surface area contributed by atoms with Crippen LogP contribution in [0.5, 0.6) is 5.75 Å². The first-order valence-corrected chi connectivity index (χ1v) is 12.5. The van der Waals surface area contributed by atoms with Crippen molar-refractivity contribution in [2.75, 3.05) is 12.4 Å². The third kappa shape index (κ3) is 4.51. The molecular weight excluding hydrogens is 490 g/mol. The zero-order chi connectivity index (χ0) is 26.3. The minimum Gasteiger partial charge on any atom is -0.497 e. The Hall–Kier alpha value is -4.31. The van der Waals surface area contributed by atoms with Gasteiger partial charge in [-0.3, -0.25) is 19.1 Å². The Kier molecular flexibility index (Phi) is 6.34. The van der Waals surface area contributed by atoms with Crippen LogP contribution in [-0.4, -0.2) is 44.6 Å². The number of aliphatic carboxylic acids is 1. The number of nitrogens with one attached hydrogen (secondary N) is 1. The summed E-state index contributed by atoms with van der Waals surface area (Å²) in [6.45, 7) is 5.95. The topological polar surface area (TPSA) is 119 Å². The number of ether oxygens (including phenoxy) is 1. The van der Waals surface area contributed by atoms with Crippen LogP contribution in [0.2, 0.25) is 0 Å². The van der Waals surface area contributed by atoms with Crippen LogP contribution >= 0.6 is 11.3 Å². The number of carboxylic acids is 1. The summed E-state index contributed by atoms with van der Waals surface area (Å²) in [7, 11) is 1.58. The maximum absolute atomic E-state index is 12.7. The lowest BCUT2D eigenvalue weighted by Crippen LogP contribution is -2.12. The lowest BCUT2D eigenvalue weighted by Gasteiger charge is -2.12. The van der Waals surface area contributed by atoms with Crippen LogP contribution in [0.3, 0.4) is 0 Å². The monoisotopic (exact) mass is 515 g/mol. The SMILES string of the molecule is COc1ccc(C(=O)Nc2ccc(C3=N[C@@H](CC(=O)O)c4nnc(C)n4-c4sc(C)c(C)c43)cc2)cc1. The van der Waals surface area contributed by atoms with Crippen molar-refractivity contribution in [2.45, 2.75) is 33.2 Å². The van der Waals surface area contributed by atoms with Gasteiger partial charge >= 0.3 is 5.97 Å². The van der Waals surface area contributed by atoms with Crippen molar-refractivity contribution in [3.8, 4) is 10.8 Å². The second kappa shape index (κ2) is 9.62. The standard InChI is InChI=1S/C27H25N5O4S/c1-14-15(2)37-27-23(14)24(29-21(13-22(33)34)25-31-30-16(3)32(25)27)17-5-9-19(10-6-17)28-26(35)18-7-11-20(36-4)12-8-18/h5-12,21H,13H2,1-4H3,(H,28,35)(H,33,34)/t21-/m0/s1. The van der Waals surface area contributed by atoms with Gasteiger partial charge in [0.25, 0.3) is 5.91 Å². The number of aromatic nitrogens is 3. The number of carbonyl (C=O) groups is 2. The van der Waals surface area contributed by atoms with E-state index < -0.39 is 12.0 Å². The normalized spacial score (nSPS) is 14.3. The van der Waals surface area contributed by atoms with E-state index in [1.54, 1.807) is 42.7 Å². The maximum Gasteiger partial charge on any atom is 0.306 e. The number of nitrogens with zero attached hydrogens (tertiary/aromatic N) is 4. The van der Waals surface area contributed by atoms with E-state index in [9.17, 15) is 14.7 Å². The predicted octanol–water partition coefficient (Wildman–Crippen LogP) is 4.88. The second-order valence-electron chi connectivity index (χ2n) is 8.76. The molecule has 10 heteroatoms. The summed E-state index contributed by atoms with van der Waals surface area (Å²) in [5.41, 5.74) is 4.67. The lowest BCUT2D eigenvalue weighted by atomic mass is 9.99. The summed E-state index contributed by atoms with van der Waals surface area (Å²) in [5.74, 6) is 0.679. The highest BCUT2D eigenvalue weighted by Gasteiger charge is 2.32. The predicted molar refractivity (Wildman–Crippen MR) is 141 cm³/mol. The van der Waals surface area contributed by atoms with Crippen molar-refractivity contribution in [3.63, 3.8) is 0 Å². The molecule has 1 aliphatic rings. The molecule has 1 amide bonds. The second-order valence-corrected chi connectivity index (χ2v) is 9.96. The van der Waals surface area contributed by atoms with Gasteiger partial charge in [0, 0.05) is 27.3 Å². The van der Waals surface area contributed by atoms with Crippen molar-refractivity contribution < 1.29 is 19.4 Å². The summed E-state index contributed by atoms with van der Waals surface area (Å²) in [4.78, 5) is 30.5. The van der Waals surface area contributed by atoms with Crippen molar-refractivity contribution in [3.05, 3.63) is 87.3 Å². The number of anilines is 1. The fraction of sp³-hybridized carbons (Fsp3) is 0.222. The molecule has 3 heterocycles. The molecule has 0 fully saturated rings. The van der Waals surface area contributed by atoms with Gasteiger partial charge < -0.3 is 15.2 Å². The van der Waals surface area contributed by atoms with E-state index >= 15 is 0 Å². The molecular formula is C27H25N5O4S. The molecule has 0 aliphatic carbocycles. The molecule has 4 aromatic rings. The number of hydrogen-bond acceptors (Lipinski definition) is 7. The van der Waals surface area contributed by atoms with Crippen molar-refractivity contribution in [1.29, 1.82) is 0 Å². The van der Waals surface area contributed by atoms with E-state index in [1.807, 2.05) is 42.7 Å². The molecule has 37 heavy (non-hydrogen) atoms. The van der Waals surface area contributed by atoms with Gasteiger partial charge in [-0.15, -0.1) is 21.5 Å². The number of aliphatic imine (C=N–C) groups is 1. The van der Waals surface area contributed by atoms with Crippen molar-refractivity contribution >= 4 is 34.6 Å². The quantitative estimate of drug-likeness (QED) is 0.378. The molecule has 0 unspecified atom stereocenters. The number of amides is 1. The molecule has 2 N–H and O–H groups in total. The molecule has 2 aromatic heterocycles. The van der Waals surface area contributed by atoms with E-state index in [4.69, 9.17) is 9.73 Å². The molecule has 0 spiro atoms. The summed E-state index contributed by atoms with van der Waals surface area (Å²) < 4.78 is 7.07. The molecule has 9 nitrogen and oxygen atoms in total. The molecule has 2 aromatic carbocycles. The van der Waals surface area contributed by atoms with E-state index in [1.165, 1.54) is 0 Å². The fourth-order valence-corrected chi connectivity index (χ4v) is 5.56. The van der Waals surface area contributed by atoms with Crippen LogP contribution in [-0.2, 0) is 4.79 Å². The fourth-order valence-electron chi connectivity index (χ4n) is 4.35. The zero-order valence-corrected chi connectivity index (χ0v) is 21.6. The highest BCUT2D eigenvalue weighted by molar-refractivity contribution is 7.15. The van der Waals surface area contributed by atoms with Crippen LogP contribution in [0.1, 0.15) is 56.0 Å². The van der Waals surface area contributed by atoms with Crippen molar-refractivity contribution in [2.24, 2.45) is 4.99 Å². The van der Waals surface area contributed by atoms with Crippen LogP contribution in [0.15, 0.2) is 53.5 Å². The molecule has 0 saturated heterocycles. The van der Waals surface area contributed by atoms with E-state index in [-0.39, 0.29) is 12.3 Å². The highest BCUT2D eigenvalue weighted by Crippen LogP contribution is 2.39. The number of aryl methyl sites for hydroxylation is 2. The van der Waals surface area contributed by atoms with Crippen molar-refractivity contribution in [1.82, 2.24) is 14.8 Å². The van der Waals surface area contributed by atoms with Gasteiger partial charge in [0.15, 0.2) is 5.82 Å². The lowest BCUT2D eigenvalue weighted by molar-refractivity contribution is -0.137. The number of carbonyl (C=O) groups excluding carboxylic acids is 1. The maximum atomic E-state index is 12.7. The van der Waals surface area contributed by atoms with Gasteiger partial charge in [0.1, 0.15) is 22.6 Å². The van der Waals surface area contributed by atoms with Crippen LogP contribution in [0, 0.1) is 20.8 Å². The Morgan fingerprint density at radius 2 is 1.76 bits per heavy atom. The van der Waals surface area contributed by atoms with E-state index in [0.717, 1.165) is 26.6 Å². The number of benzene rings is 2. The molecule has 1 atom stereocenters. The first-order chi connectivity index (χ1) is 17.8. The number of carboxylic acid groups (broad SMARTS) is 1. The van der Waals surface area contributed by atoms with Gasteiger partial charge in [-0.2, -0.15) is 0 Å². The summed E-state index contributed by atoms with van der Waals surface area (Å²) in [5, 5.41) is 21.9. The first kappa shape index (κ1) is 24.4. The van der Waals surface area contributed by atoms with Crippen LogP contribution < -0.4 is 10.1 Å². The number of rotatable bonds is 6. The molecule has 1 aliphatic heterocycles. The Labute approximate surface area is 217 Å². The summed E-state index contributed by atoms with van der Waals surface area (Å²) >= 11 is 1.61. The summed E-state index contributed by atoms with van der Waals surface area (Å²) in [6, 6.07) is 13.6. The Morgan fingerprint density at radius 3 is 2.41 bits per heavy atom. The number of methoxy groups -OCH3 is 1. The minimum atomic E-state index is -0.963. The van der Waals surface area contributed by atoms with Gasteiger partial charge in [-0.05, 0) is 62.7 Å². The first-order valence-electron chi connectivity index (χ1n) is 11.6. The van der Waals surface area contributed by atoms with Crippen LogP contribution in [0.25, 0.3) is 5.00 Å². The van der Waals surface area contributed by atoms with E-state index in [0.29, 0.717) is 34.4 Å². The average molecular weight is 516 g/mol. The molecule has 188 valence electrons. The van der Waals surface area contributed by atoms with E-state index in [2.05, 4.69) is 22.4 Å². The molecule has 0 radical (unpaired) electrons. The largest absolute Gasteiger partial charge is 0.497 e. The van der Waals surface area contributed by atoms with Gasteiger partial charge in [0.05, 0.1) is 19.2 Å². The zero-order valence-electron chi connectivity index (χ0n) is 20.8. The minimum absolute atomic E-state index is 0.204. The number of fused-ring (bicyclic) bond motifs is 3. The smallest absolute Gasteiger partial charge is 0.306 e. The molecule has 0 saturated carbocycles. The molecule has 0 bridgehead atoms. The summed E-state index contributed by atoms with van der Waals surface area (Å²) in [6.07, 6.45) is -0.204. The average Bonchev–Trinajstić information content (AvgIpc) is 3.36. The Balaban J connectivity index is 1.52. The molecule has 5 rings (SSSR count). The highest BCUT2D eigenvalue weighted by atomic mass is 32.1. The number of hydrogen-bond donors (Lipinski definition) is 2.